The summed E-state index contributed by atoms with van der Waals surface area (Å²) in [6.07, 6.45) is 3.45. The SMILES string of the molecule is COC(=O)[C@H](C)n1cc(C=Nn2c(C)nc3ccc(Br)cc3c2=O)c2ccccc21. The van der Waals surface area contributed by atoms with Gasteiger partial charge in [0.25, 0.3) is 5.56 Å². The van der Waals surface area contributed by atoms with E-state index in [2.05, 4.69) is 26.0 Å². The zero-order valence-corrected chi connectivity index (χ0v) is 18.3. The Bertz CT molecular complexity index is 1370. The molecule has 0 unspecified atom stereocenters. The summed E-state index contributed by atoms with van der Waals surface area (Å²) in [7, 11) is 1.37. The van der Waals surface area contributed by atoms with Crippen molar-refractivity contribution >= 4 is 49.9 Å². The Morgan fingerprint density at radius 2 is 2.00 bits per heavy atom. The molecule has 0 aliphatic heterocycles. The first-order valence-corrected chi connectivity index (χ1v) is 10.1. The summed E-state index contributed by atoms with van der Waals surface area (Å²) in [6, 6.07) is 12.6. The molecule has 0 saturated carbocycles. The molecule has 2 heterocycles. The molecule has 152 valence electrons. The molecule has 1 atom stereocenters. The zero-order chi connectivity index (χ0) is 21.4. The van der Waals surface area contributed by atoms with Gasteiger partial charge in [-0.2, -0.15) is 9.78 Å². The molecular weight excluding hydrogens is 448 g/mol. The van der Waals surface area contributed by atoms with Crippen LogP contribution >= 0.6 is 15.9 Å². The number of aryl methyl sites for hydroxylation is 1. The predicted octanol–water partition coefficient (Wildman–Crippen LogP) is 4.04. The highest BCUT2D eigenvalue weighted by atomic mass is 79.9. The molecule has 4 aromatic rings. The van der Waals surface area contributed by atoms with E-state index < -0.39 is 6.04 Å². The number of rotatable bonds is 4. The molecule has 0 N–H and O–H groups in total. The summed E-state index contributed by atoms with van der Waals surface area (Å²) < 4.78 is 8.81. The Labute approximate surface area is 180 Å². The Hall–Kier alpha value is -3.26. The number of methoxy groups -OCH3 is 1. The van der Waals surface area contributed by atoms with Crippen molar-refractivity contribution in [2.75, 3.05) is 7.11 Å². The van der Waals surface area contributed by atoms with E-state index in [0.717, 1.165) is 20.9 Å². The second kappa shape index (κ2) is 7.87. The van der Waals surface area contributed by atoms with E-state index >= 15 is 0 Å². The molecule has 0 saturated heterocycles. The van der Waals surface area contributed by atoms with Crippen LogP contribution in [0.5, 0.6) is 0 Å². The molecule has 0 fully saturated rings. The van der Waals surface area contributed by atoms with E-state index in [9.17, 15) is 9.59 Å². The van der Waals surface area contributed by atoms with Gasteiger partial charge in [0.05, 0.1) is 24.2 Å². The molecule has 0 radical (unpaired) electrons. The molecule has 2 aromatic heterocycles. The van der Waals surface area contributed by atoms with Gasteiger partial charge in [0, 0.05) is 27.1 Å². The van der Waals surface area contributed by atoms with E-state index in [-0.39, 0.29) is 11.5 Å². The lowest BCUT2D eigenvalue weighted by Gasteiger charge is -2.12. The first kappa shape index (κ1) is 20.0. The number of ether oxygens (including phenoxy) is 1. The lowest BCUT2D eigenvalue weighted by Crippen LogP contribution is -2.20. The highest BCUT2D eigenvalue weighted by molar-refractivity contribution is 9.10. The molecule has 30 heavy (non-hydrogen) atoms. The van der Waals surface area contributed by atoms with Gasteiger partial charge in [0.15, 0.2) is 0 Å². The molecule has 0 aliphatic carbocycles. The number of nitrogens with zero attached hydrogens (tertiary/aromatic N) is 4. The van der Waals surface area contributed by atoms with E-state index in [0.29, 0.717) is 16.7 Å². The van der Waals surface area contributed by atoms with Crippen molar-refractivity contribution in [2.24, 2.45) is 5.10 Å². The average molecular weight is 467 g/mol. The van der Waals surface area contributed by atoms with Crippen LogP contribution in [0, 0.1) is 6.92 Å². The summed E-state index contributed by atoms with van der Waals surface area (Å²) in [5.74, 6) is 0.147. The fourth-order valence-electron chi connectivity index (χ4n) is 3.45. The number of hydrogen-bond acceptors (Lipinski definition) is 5. The minimum atomic E-state index is -0.494. The smallest absolute Gasteiger partial charge is 0.328 e. The minimum Gasteiger partial charge on any atom is -0.467 e. The van der Waals surface area contributed by atoms with E-state index in [1.165, 1.54) is 11.8 Å². The number of hydrogen-bond donors (Lipinski definition) is 0. The van der Waals surface area contributed by atoms with Gasteiger partial charge >= 0.3 is 5.97 Å². The highest BCUT2D eigenvalue weighted by Crippen LogP contribution is 2.24. The fourth-order valence-corrected chi connectivity index (χ4v) is 3.82. The Balaban J connectivity index is 1.84. The molecule has 0 aliphatic rings. The second-order valence-corrected chi connectivity index (χ2v) is 7.81. The van der Waals surface area contributed by atoms with E-state index in [4.69, 9.17) is 4.74 Å². The first-order valence-electron chi connectivity index (χ1n) is 9.31. The predicted molar refractivity (Wildman–Crippen MR) is 120 cm³/mol. The van der Waals surface area contributed by atoms with Crippen molar-refractivity contribution in [3.8, 4) is 0 Å². The number of fused-ring (bicyclic) bond motifs is 2. The average Bonchev–Trinajstić information content (AvgIpc) is 3.12. The third kappa shape index (κ3) is 3.43. The third-order valence-corrected chi connectivity index (χ3v) is 5.51. The van der Waals surface area contributed by atoms with Crippen LogP contribution in [0.2, 0.25) is 0 Å². The number of aromatic nitrogens is 3. The molecule has 0 amide bonds. The van der Waals surface area contributed by atoms with Gasteiger partial charge in [0.1, 0.15) is 11.9 Å². The van der Waals surface area contributed by atoms with Crippen molar-refractivity contribution in [3.63, 3.8) is 0 Å². The molecule has 8 heteroatoms. The quantitative estimate of drug-likeness (QED) is 0.335. The Morgan fingerprint density at radius 1 is 1.23 bits per heavy atom. The van der Waals surface area contributed by atoms with Gasteiger partial charge in [-0.05, 0) is 38.1 Å². The maximum Gasteiger partial charge on any atom is 0.328 e. The summed E-state index contributed by atoms with van der Waals surface area (Å²) in [4.78, 5) is 29.5. The van der Waals surface area contributed by atoms with Crippen LogP contribution in [0.1, 0.15) is 24.4 Å². The molecule has 7 nitrogen and oxygen atoms in total. The number of carbonyl (C=O) groups is 1. The van der Waals surface area contributed by atoms with Crippen LogP contribution in [0.3, 0.4) is 0 Å². The molecule has 4 rings (SSSR count). The zero-order valence-electron chi connectivity index (χ0n) is 16.7. The summed E-state index contributed by atoms with van der Waals surface area (Å²) in [6.45, 7) is 3.52. The van der Waals surface area contributed by atoms with Crippen LogP contribution in [-0.2, 0) is 9.53 Å². The highest BCUT2D eigenvalue weighted by Gasteiger charge is 2.18. The van der Waals surface area contributed by atoms with Gasteiger partial charge in [-0.3, -0.25) is 4.79 Å². The lowest BCUT2D eigenvalue weighted by atomic mass is 10.2. The third-order valence-electron chi connectivity index (χ3n) is 5.01. The monoisotopic (exact) mass is 466 g/mol. The summed E-state index contributed by atoms with van der Waals surface area (Å²) in [5.41, 5.74) is 2.03. The van der Waals surface area contributed by atoms with Gasteiger partial charge in [-0.25, -0.2) is 9.78 Å². The minimum absolute atomic E-state index is 0.248. The molecular formula is C22H19BrN4O3. The van der Waals surface area contributed by atoms with Crippen molar-refractivity contribution < 1.29 is 9.53 Å². The van der Waals surface area contributed by atoms with Crippen LogP contribution in [0.25, 0.3) is 21.8 Å². The molecule has 0 bridgehead atoms. The Kier molecular flexibility index (Phi) is 5.26. The fraction of sp³-hybridized carbons (Fsp3) is 0.182. The van der Waals surface area contributed by atoms with Crippen molar-refractivity contribution in [1.29, 1.82) is 0 Å². The van der Waals surface area contributed by atoms with Crippen molar-refractivity contribution in [2.45, 2.75) is 19.9 Å². The van der Waals surface area contributed by atoms with Gasteiger partial charge in [0.2, 0.25) is 0 Å². The van der Waals surface area contributed by atoms with E-state index in [1.807, 2.05) is 41.1 Å². The number of carbonyl (C=O) groups excluding carboxylic acids is 1. The largest absolute Gasteiger partial charge is 0.467 e. The second-order valence-electron chi connectivity index (χ2n) is 6.89. The number of halogens is 1. The number of esters is 1. The van der Waals surface area contributed by atoms with Crippen molar-refractivity contribution in [3.05, 3.63) is 74.9 Å². The number of para-hydroxylation sites is 1. The molecule has 2 aromatic carbocycles. The first-order chi connectivity index (χ1) is 14.4. The maximum absolute atomic E-state index is 12.9. The van der Waals surface area contributed by atoms with Gasteiger partial charge in [-0.15, -0.1) is 0 Å². The number of benzene rings is 2. The topological polar surface area (TPSA) is 78.5 Å². The summed E-state index contributed by atoms with van der Waals surface area (Å²) in [5, 5.41) is 5.81. The normalized spacial score (nSPS) is 12.7. The van der Waals surface area contributed by atoms with Crippen LogP contribution in [0.15, 0.2) is 63.0 Å². The lowest BCUT2D eigenvalue weighted by molar-refractivity contribution is -0.143. The van der Waals surface area contributed by atoms with Crippen molar-refractivity contribution in [1.82, 2.24) is 14.2 Å². The van der Waals surface area contributed by atoms with Crippen LogP contribution in [0.4, 0.5) is 0 Å². The Morgan fingerprint density at radius 3 is 2.77 bits per heavy atom. The van der Waals surface area contributed by atoms with Gasteiger partial charge < -0.3 is 9.30 Å². The maximum atomic E-state index is 12.9. The van der Waals surface area contributed by atoms with Crippen LogP contribution in [-0.4, -0.2) is 33.5 Å². The molecule has 0 spiro atoms. The van der Waals surface area contributed by atoms with Crippen LogP contribution < -0.4 is 5.56 Å². The standard InChI is InChI=1S/C22H19BrN4O3/c1-13(22(29)30-3)26-12-15(17-6-4-5-7-20(17)26)11-24-27-14(2)25-19-9-8-16(23)10-18(19)21(27)28/h4-13H,1-3H3/t13-/m0/s1. The van der Waals surface area contributed by atoms with E-state index in [1.54, 1.807) is 32.2 Å². The van der Waals surface area contributed by atoms with Gasteiger partial charge in [-0.1, -0.05) is 34.1 Å². The summed E-state index contributed by atoms with van der Waals surface area (Å²) >= 11 is 3.39.